The van der Waals surface area contributed by atoms with Crippen LogP contribution in [0.25, 0.3) is 0 Å². The van der Waals surface area contributed by atoms with E-state index in [2.05, 4.69) is 24.9 Å². The summed E-state index contributed by atoms with van der Waals surface area (Å²) >= 11 is 0. The number of fused-ring (bicyclic) bond motifs is 2. The van der Waals surface area contributed by atoms with Crippen LogP contribution < -0.4 is 14.8 Å². The van der Waals surface area contributed by atoms with Gasteiger partial charge in [0.2, 0.25) is 5.79 Å². The van der Waals surface area contributed by atoms with E-state index in [1.807, 2.05) is 6.07 Å². The number of hydrogen-bond donors (Lipinski definition) is 3. The van der Waals surface area contributed by atoms with Crippen molar-refractivity contribution >= 4 is 23.6 Å². The molecule has 1 fully saturated rings. The van der Waals surface area contributed by atoms with E-state index in [1.165, 1.54) is 62.0 Å². The first-order chi connectivity index (χ1) is 32.1. The molecule has 66 heavy (non-hydrogen) atoms. The first kappa shape index (κ1) is 52.0. The maximum Gasteiger partial charge on any atom is 0.412 e. The Hall–Kier alpha value is -4.99. The van der Waals surface area contributed by atoms with Crippen molar-refractivity contribution in [3.63, 3.8) is 0 Å². The average Bonchev–Trinajstić information content (AvgIpc) is 3.31. The molecule has 15 nitrogen and oxygen atoms in total. The number of hydrogen-bond acceptors (Lipinski definition) is 12. The Morgan fingerprint density at radius 3 is 2.29 bits per heavy atom. The van der Waals surface area contributed by atoms with Crippen molar-refractivity contribution in [1.82, 2.24) is 10.2 Å². The van der Waals surface area contributed by atoms with Gasteiger partial charge in [0, 0.05) is 56.8 Å². The zero-order chi connectivity index (χ0) is 47.3. The van der Waals surface area contributed by atoms with Crippen molar-refractivity contribution in [2.45, 2.75) is 147 Å². The standard InChI is InChI=1S/C51H74N4O11/c1-5-8-9-10-11-12-13-14-15-18-29-52-49(58)65-40-27-28-45-43(34-40)47-41(22-17-20-31-57)38(21-16-19-30-56)33-42-44(53-64-36-37-23-25-39(26-24-37)55(60)61)35-46(54(4)50(59)62-7-3)51(66-45,48(42)47)63-32-6-2/h6,23-28,33-34,38,41,46-48,56-57H,2,5,7-22,29-32,35-36H2,1,3-4H3,(H,52,58)/t38-,41+,46-,47+,48+,51+/m0/s1. The van der Waals surface area contributed by atoms with E-state index in [4.69, 9.17) is 28.9 Å². The molecule has 2 aliphatic carbocycles. The van der Waals surface area contributed by atoms with Gasteiger partial charge in [0.1, 0.15) is 24.1 Å². The first-order valence-corrected chi connectivity index (χ1v) is 24.4. The molecule has 0 unspecified atom stereocenters. The van der Waals surface area contributed by atoms with E-state index in [0.717, 1.165) is 56.1 Å². The van der Waals surface area contributed by atoms with Crippen molar-refractivity contribution in [3.8, 4) is 11.5 Å². The SMILES string of the molecule is C=CCO[C@@]12Oc3ccc(OC(=O)NCCCCCCCCCCCC)cc3[C@H]3[C@H](CCCCO)[C@@H](CCCCO)C=C(C(=NOCc4ccc([N+](=O)[O-])cc4)C[C@@H]1N(C)C(=O)OCC)[C@H]32. The van der Waals surface area contributed by atoms with Gasteiger partial charge in [0.05, 0.1) is 29.8 Å². The zero-order valence-corrected chi connectivity index (χ0v) is 39.5. The summed E-state index contributed by atoms with van der Waals surface area (Å²) in [6.07, 6.45) is 19.1. The normalized spacial score (nSPS) is 22.3. The second kappa shape index (κ2) is 27.0. The molecule has 2 aromatic carbocycles. The number of rotatable bonds is 29. The lowest BCUT2D eigenvalue weighted by Crippen LogP contribution is -2.69. The highest BCUT2D eigenvalue weighted by Crippen LogP contribution is 2.62. The highest BCUT2D eigenvalue weighted by Gasteiger charge is 2.65. The number of carbonyl (C=O) groups excluding carboxylic acids is 2. The van der Waals surface area contributed by atoms with Gasteiger partial charge in [-0.25, -0.2) is 9.59 Å². The third-order valence-electron chi connectivity index (χ3n) is 13.2. The number of nitro benzene ring substituents is 1. The fourth-order valence-corrected chi connectivity index (χ4v) is 9.99. The second-order valence-electron chi connectivity index (χ2n) is 17.8. The van der Waals surface area contributed by atoms with Crippen LogP contribution in [0.3, 0.4) is 0 Å². The first-order valence-electron chi connectivity index (χ1n) is 24.4. The van der Waals surface area contributed by atoms with Crippen LogP contribution in [0, 0.1) is 27.9 Å². The van der Waals surface area contributed by atoms with Crippen molar-refractivity contribution in [2.75, 3.05) is 40.0 Å². The van der Waals surface area contributed by atoms with E-state index in [0.29, 0.717) is 42.2 Å². The van der Waals surface area contributed by atoms with Crippen molar-refractivity contribution in [1.29, 1.82) is 0 Å². The van der Waals surface area contributed by atoms with Crippen LogP contribution in [0.15, 0.2) is 71.9 Å². The Labute approximate surface area is 391 Å². The zero-order valence-electron chi connectivity index (χ0n) is 39.5. The van der Waals surface area contributed by atoms with Crippen LogP contribution in [-0.2, 0) is 20.9 Å². The summed E-state index contributed by atoms with van der Waals surface area (Å²) in [5.41, 5.74) is 2.88. The molecule has 0 bridgehead atoms. The molecule has 6 atom stereocenters. The number of likely N-dealkylation sites (N-methyl/N-ethyl adjacent to an activating group) is 1. The van der Waals surface area contributed by atoms with Gasteiger partial charge in [-0.15, -0.1) is 6.58 Å². The minimum absolute atomic E-state index is 0.0114. The smallest absolute Gasteiger partial charge is 0.412 e. The number of aliphatic hydroxyl groups is 2. The monoisotopic (exact) mass is 919 g/mol. The lowest BCUT2D eigenvalue weighted by atomic mass is 9.55. The average molecular weight is 919 g/mol. The number of benzene rings is 2. The van der Waals surface area contributed by atoms with Crippen LogP contribution in [0.1, 0.15) is 140 Å². The van der Waals surface area contributed by atoms with Gasteiger partial charge >= 0.3 is 12.2 Å². The fraction of sp³-hybridized carbons (Fsp3) is 0.627. The molecule has 1 heterocycles. The topological polar surface area (TPSA) is 192 Å². The van der Waals surface area contributed by atoms with Gasteiger partial charge in [-0.2, -0.15) is 0 Å². The summed E-state index contributed by atoms with van der Waals surface area (Å²) in [7, 11) is 1.66. The number of unbranched alkanes of at least 4 members (excludes halogenated alkanes) is 11. The summed E-state index contributed by atoms with van der Waals surface area (Å²) < 4.78 is 25.5. The molecular formula is C51H74N4O11. The molecule has 1 aliphatic heterocycles. The van der Waals surface area contributed by atoms with Gasteiger partial charge in [0.25, 0.3) is 5.69 Å². The minimum Gasteiger partial charge on any atom is -0.459 e. The summed E-state index contributed by atoms with van der Waals surface area (Å²) in [5, 5.41) is 38.8. The Morgan fingerprint density at radius 2 is 1.64 bits per heavy atom. The number of allylic oxidation sites excluding steroid dienone is 1. The summed E-state index contributed by atoms with van der Waals surface area (Å²) in [6, 6.07) is 10.7. The highest BCUT2D eigenvalue weighted by molar-refractivity contribution is 6.03. The molecule has 0 radical (unpaired) electrons. The lowest BCUT2D eigenvalue weighted by Gasteiger charge is -2.59. The molecule has 0 aromatic heterocycles. The minimum atomic E-state index is -1.48. The molecule has 0 spiro atoms. The number of nitro groups is 1. The number of oxime groups is 1. The Kier molecular flexibility index (Phi) is 21.2. The van der Waals surface area contributed by atoms with E-state index < -0.39 is 34.9 Å². The van der Waals surface area contributed by atoms with Crippen LogP contribution in [-0.4, -0.2) is 89.8 Å². The molecule has 5 rings (SSSR count). The summed E-state index contributed by atoms with van der Waals surface area (Å²) in [6.45, 7) is 8.83. The van der Waals surface area contributed by atoms with Gasteiger partial charge in [0.15, 0.2) is 0 Å². The summed E-state index contributed by atoms with van der Waals surface area (Å²) in [4.78, 5) is 45.4. The van der Waals surface area contributed by atoms with E-state index in [9.17, 15) is 29.9 Å². The maximum atomic E-state index is 13.7. The maximum absolute atomic E-state index is 13.7. The number of aliphatic hydroxyl groups excluding tert-OH is 2. The predicted octanol–water partition coefficient (Wildman–Crippen LogP) is 10.5. The molecule has 3 N–H and O–H groups in total. The number of nitrogens with zero attached hydrogens (tertiary/aromatic N) is 3. The third kappa shape index (κ3) is 13.8. The van der Waals surface area contributed by atoms with Gasteiger partial charge in [-0.05, 0) is 92.3 Å². The third-order valence-corrected chi connectivity index (χ3v) is 13.2. The van der Waals surface area contributed by atoms with Gasteiger partial charge < -0.3 is 44.2 Å². The van der Waals surface area contributed by atoms with E-state index in [1.54, 1.807) is 44.3 Å². The van der Waals surface area contributed by atoms with Crippen molar-refractivity contribution < 1.29 is 48.5 Å². The molecule has 0 saturated heterocycles. The van der Waals surface area contributed by atoms with Crippen molar-refractivity contribution in [3.05, 3.63) is 88.0 Å². The molecule has 364 valence electrons. The van der Waals surface area contributed by atoms with E-state index in [-0.39, 0.29) is 62.9 Å². The molecule has 1 saturated carbocycles. The molecule has 2 aromatic rings. The van der Waals surface area contributed by atoms with Crippen molar-refractivity contribution in [2.24, 2.45) is 22.9 Å². The Bertz CT molecular complexity index is 1920. The predicted molar refractivity (Wildman–Crippen MR) is 253 cm³/mol. The quantitative estimate of drug-likeness (QED) is 0.0304. The molecular weight excluding hydrogens is 845 g/mol. The van der Waals surface area contributed by atoms with Crippen LogP contribution in [0.2, 0.25) is 0 Å². The molecule has 2 amide bonds. The second-order valence-corrected chi connectivity index (χ2v) is 17.8. The highest BCUT2D eigenvalue weighted by atomic mass is 16.7. The number of carbonyl (C=O) groups is 2. The molecule has 15 heteroatoms. The largest absolute Gasteiger partial charge is 0.459 e. The van der Waals surface area contributed by atoms with Crippen LogP contribution >= 0.6 is 0 Å². The summed E-state index contributed by atoms with van der Waals surface area (Å²) in [5.74, 6) is -1.54. The fourth-order valence-electron chi connectivity index (χ4n) is 9.99. The number of ether oxygens (including phenoxy) is 4. The number of nitrogens with one attached hydrogen (secondary N) is 1. The number of amides is 2. The van der Waals surface area contributed by atoms with Gasteiger partial charge in [-0.3, -0.25) is 10.1 Å². The Morgan fingerprint density at radius 1 is 0.955 bits per heavy atom. The molecule has 3 aliphatic rings. The van der Waals surface area contributed by atoms with E-state index >= 15 is 0 Å². The Balaban J connectivity index is 1.52. The number of non-ortho nitro benzene ring substituents is 1. The lowest BCUT2D eigenvalue weighted by molar-refractivity contribution is -0.384. The van der Waals surface area contributed by atoms with Gasteiger partial charge in [-0.1, -0.05) is 94.9 Å². The van der Waals surface area contributed by atoms with Crippen LogP contribution in [0.4, 0.5) is 15.3 Å². The van der Waals surface area contributed by atoms with Crippen LogP contribution in [0.5, 0.6) is 11.5 Å².